The lowest BCUT2D eigenvalue weighted by molar-refractivity contribution is -0.130. The van der Waals surface area contributed by atoms with Crippen LogP contribution in [0.4, 0.5) is 0 Å². The summed E-state index contributed by atoms with van der Waals surface area (Å²) < 4.78 is 0. The monoisotopic (exact) mass is 224 g/mol. The van der Waals surface area contributed by atoms with Crippen LogP contribution in [0.1, 0.15) is 46.0 Å². The van der Waals surface area contributed by atoms with Crippen LogP contribution in [0.5, 0.6) is 0 Å². The quantitative estimate of drug-likeness (QED) is 0.791. The molecule has 1 heterocycles. The fourth-order valence-corrected chi connectivity index (χ4v) is 3.33. The molecule has 92 valence electrons. The first-order valence-corrected chi connectivity index (χ1v) is 6.54. The fourth-order valence-electron chi connectivity index (χ4n) is 3.33. The molecule has 3 heteroatoms. The molecule has 2 N–H and O–H groups in total. The van der Waals surface area contributed by atoms with Crippen LogP contribution in [0.3, 0.4) is 0 Å². The van der Waals surface area contributed by atoms with E-state index in [1.54, 1.807) is 0 Å². The zero-order chi connectivity index (χ0) is 11.8. The second-order valence-corrected chi connectivity index (χ2v) is 6.19. The minimum atomic E-state index is 0.0728. The van der Waals surface area contributed by atoms with E-state index >= 15 is 0 Å². The molecule has 0 aromatic carbocycles. The van der Waals surface area contributed by atoms with Gasteiger partial charge in [0.2, 0.25) is 5.91 Å². The number of nitrogens with zero attached hydrogens (tertiary/aromatic N) is 1. The van der Waals surface area contributed by atoms with Crippen molar-refractivity contribution in [2.45, 2.75) is 52.0 Å². The Bertz CT molecular complexity index is 271. The molecule has 1 saturated carbocycles. The molecule has 0 bridgehead atoms. The lowest BCUT2D eigenvalue weighted by atomic mass is 9.64. The molecule has 1 atom stereocenters. The molecule has 3 nitrogen and oxygen atoms in total. The topological polar surface area (TPSA) is 46.3 Å². The zero-order valence-corrected chi connectivity index (χ0v) is 10.5. The first-order valence-electron chi connectivity index (χ1n) is 6.54. The highest BCUT2D eigenvalue weighted by Crippen LogP contribution is 2.46. The number of carbonyl (C=O) groups excluding carboxylic acids is 1. The van der Waals surface area contributed by atoms with Crippen LogP contribution >= 0.6 is 0 Å². The molecule has 1 aliphatic carbocycles. The van der Waals surface area contributed by atoms with Crippen LogP contribution in [0.15, 0.2) is 0 Å². The Morgan fingerprint density at radius 3 is 2.56 bits per heavy atom. The predicted molar refractivity (Wildman–Crippen MR) is 64.9 cm³/mol. The van der Waals surface area contributed by atoms with Gasteiger partial charge in [-0.05, 0) is 30.6 Å². The van der Waals surface area contributed by atoms with Gasteiger partial charge in [-0.2, -0.15) is 0 Å². The second-order valence-electron chi connectivity index (χ2n) is 6.19. The van der Waals surface area contributed by atoms with Crippen molar-refractivity contribution in [1.82, 2.24) is 4.90 Å². The van der Waals surface area contributed by atoms with E-state index in [2.05, 4.69) is 13.8 Å². The Morgan fingerprint density at radius 1 is 1.50 bits per heavy atom. The van der Waals surface area contributed by atoms with E-state index in [1.165, 1.54) is 25.7 Å². The molecule has 1 aliphatic heterocycles. The number of amides is 1. The van der Waals surface area contributed by atoms with Crippen molar-refractivity contribution in [3.8, 4) is 0 Å². The number of rotatable bonds is 4. The van der Waals surface area contributed by atoms with E-state index in [4.69, 9.17) is 5.73 Å². The molecule has 16 heavy (non-hydrogen) atoms. The number of carbonyl (C=O) groups is 1. The van der Waals surface area contributed by atoms with Crippen LogP contribution < -0.4 is 5.73 Å². The number of hydrogen-bond acceptors (Lipinski definition) is 2. The summed E-state index contributed by atoms with van der Waals surface area (Å²) in [4.78, 5) is 13.7. The maximum Gasteiger partial charge on any atom is 0.224 e. The Balaban J connectivity index is 1.94. The van der Waals surface area contributed by atoms with Gasteiger partial charge in [0.05, 0.1) is 0 Å². The van der Waals surface area contributed by atoms with Crippen LogP contribution in [0, 0.1) is 11.3 Å². The minimum Gasteiger partial charge on any atom is -0.341 e. The van der Waals surface area contributed by atoms with Gasteiger partial charge in [-0.3, -0.25) is 4.79 Å². The van der Waals surface area contributed by atoms with E-state index in [1.807, 2.05) is 4.90 Å². The summed E-state index contributed by atoms with van der Waals surface area (Å²) >= 11 is 0. The molecule has 0 radical (unpaired) electrons. The average Bonchev–Trinajstić information content (AvgIpc) is 2.40. The first kappa shape index (κ1) is 11.9. The van der Waals surface area contributed by atoms with Crippen molar-refractivity contribution in [2.24, 2.45) is 17.1 Å². The van der Waals surface area contributed by atoms with Crippen molar-refractivity contribution in [1.29, 1.82) is 0 Å². The molecular formula is C13H24N2O. The third-order valence-electron chi connectivity index (χ3n) is 4.03. The van der Waals surface area contributed by atoms with E-state index in [-0.39, 0.29) is 11.9 Å². The lowest BCUT2D eigenvalue weighted by Crippen LogP contribution is -2.44. The normalized spacial score (nSPS) is 28.6. The van der Waals surface area contributed by atoms with Crippen molar-refractivity contribution >= 4 is 5.91 Å². The van der Waals surface area contributed by atoms with Gasteiger partial charge in [0.25, 0.3) is 0 Å². The van der Waals surface area contributed by atoms with Crippen LogP contribution in [-0.2, 0) is 4.79 Å². The fraction of sp³-hybridized carbons (Fsp3) is 0.923. The van der Waals surface area contributed by atoms with E-state index in [0.717, 1.165) is 19.0 Å². The SMILES string of the molecule is CC(C)CC1(CN2CC(N)CC2=O)CCC1. The maximum atomic E-state index is 11.7. The van der Waals surface area contributed by atoms with Crippen LogP contribution in [-0.4, -0.2) is 29.9 Å². The average molecular weight is 224 g/mol. The summed E-state index contributed by atoms with van der Waals surface area (Å²) in [6, 6.07) is 0.0728. The molecule has 0 aromatic heterocycles. The summed E-state index contributed by atoms with van der Waals surface area (Å²) in [6.07, 6.45) is 5.74. The van der Waals surface area contributed by atoms with Gasteiger partial charge in [0.1, 0.15) is 0 Å². The van der Waals surface area contributed by atoms with Crippen LogP contribution in [0.25, 0.3) is 0 Å². The molecule has 0 spiro atoms. The Hall–Kier alpha value is -0.570. The van der Waals surface area contributed by atoms with Gasteiger partial charge in [-0.15, -0.1) is 0 Å². The Kier molecular flexibility index (Phi) is 3.24. The highest BCUT2D eigenvalue weighted by molar-refractivity contribution is 5.79. The molecule has 1 saturated heterocycles. The zero-order valence-electron chi connectivity index (χ0n) is 10.5. The van der Waals surface area contributed by atoms with E-state index in [0.29, 0.717) is 11.8 Å². The maximum absolute atomic E-state index is 11.7. The third kappa shape index (κ3) is 2.40. The summed E-state index contributed by atoms with van der Waals surface area (Å²) in [5.74, 6) is 0.995. The summed E-state index contributed by atoms with van der Waals surface area (Å²) in [5, 5.41) is 0. The molecular weight excluding hydrogens is 200 g/mol. The van der Waals surface area contributed by atoms with Gasteiger partial charge in [0.15, 0.2) is 0 Å². The Morgan fingerprint density at radius 2 is 2.19 bits per heavy atom. The van der Waals surface area contributed by atoms with Crippen molar-refractivity contribution in [3.63, 3.8) is 0 Å². The van der Waals surface area contributed by atoms with Gasteiger partial charge in [0, 0.05) is 25.6 Å². The van der Waals surface area contributed by atoms with Crippen molar-refractivity contribution in [2.75, 3.05) is 13.1 Å². The van der Waals surface area contributed by atoms with E-state index in [9.17, 15) is 4.79 Å². The number of hydrogen-bond donors (Lipinski definition) is 1. The van der Waals surface area contributed by atoms with Gasteiger partial charge < -0.3 is 10.6 Å². The van der Waals surface area contributed by atoms with Gasteiger partial charge >= 0.3 is 0 Å². The predicted octanol–water partition coefficient (Wildman–Crippen LogP) is 1.76. The largest absolute Gasteiger partial charge is 0.341 e. The van der Waals surface area contributed by atoms with Crippen LogP contribution in [0.2, 0.25) is 0 Å². The molecule has 2 aliphatic rings. The Labute approximate surface area is 98.4 Å². The van der Waals surface area contributed by atoms with Gasteiger partial charge in [-0.25, -0.2) is 0 Å². The summed E-state index contributed by atoms with van der Waals surface area (Å²) in [7, 11) is 0. The van der Waals surface area contributed by atoms with Crippen molar-refractivity contribution < 1.29 is 4.79 Å². The summed E-state index contributed by atoms with van der Waals surface area (Å²) in [6.45, 7) is 6.28. The van der Waals surface area contributed by atoms with Crippen molar-refractivity contribution in [3.05, 3.63) is 0 Å². The third-order valence-corrected chi connectivity index (χ3v) is 4.03. The standard InChI is InChI=1S/C13H24N2O/c1-10(2)7-13(4-3-5-13)9-15-8-11(14)6-12(15)16/h10-11H,3-9,14H2,1-2H3. The number of nitrogens with two attached hydrogens (primary N) is 1. The highest BCUT2D eigenvalue weighted by Gasteiger charge is 2.41. The first-order chi connectivity index (χ1) is 7.51. The second kappa shape index (κ2) is 4.36. The molecule has 1 amide bonds. The molecule has 0 aromatic rings. The smallest absolute Gasteiger partial charge is 0.224 e. The minimum absolute atomic E-state index is 0.0728. The number of likely N-dealkylation sites (tertiary alicyclic amines) is 1. The van der Waals surface area contributed by atoms with Gasteiger partial charge in [-0.1, -0.05) is 20.3 Å². The molecule has 2 fully saturated rings. The summed E-state index contributed by atoms with van der Waals surface area (Å²) in [5.41, 5.74) is 6.26. The lowest BCUT2D eigenvalue weighted by Gasteiger charge is -2.45. The molecule has 2 rings (SSSR count). The van der Waals surface area contributed by atoms with E-state index < -0.39 is 0 Å². The highest BCUT2D eigenvalue weighted by atomic mass is 16.2. The molecule has 1 unspecified atom stereocenters.